The summed E-state index contributed by atoms with van der Waals surface area (Å²) in [6.45, 7) is 3.72. The molecule has 2 aromatic rings. The minimum Gasteiger partial charge on any atom is -0.371 e. The number of benzene rings is 1. The highest BCUT2D eigenvalue weighted by Gasteiger charge is 2.44. The molecule has 0 bridgehead atoms. The maximum atomic E-state index is 14.4. The molecular weight excluding hydrogens is 443 g/mol. The highest BCUT2D eigenvalue weighted by Crippen LogP contribution is 2.54. The molecule has 2 aliphatic carbocycles. The Morgan fingerprint density at radius 3 is 2.35 bits per heavy atom. The third kappa shape index (κ3) is 4.59. The third-order valence-electron chi connectivity index (χ3n) is 7.86. The Labute approximate surface area is 197 Å². The van der Waals surface area contributed by atoms with Crippen LogP contribution < -0.4 is 15.8 Å². The largest absolute Gasteiger partial charge is 0.371 e. The first kappa shape index (κ1) is 23.0. The zero-order valence-corrected chi connectivity index (χ0v) is 19.4. The fraction of sp³-hybridized carbons (Fsp3) is 0.538. The number of carbonyl (C=O) groups is 1. The molecule has 2 saturated carbocycles. The Kier molecular flexibility index (Phi) is 5.73. The van der Waals surface area contributed by atoms with Crippen LogP contribution in [0.25, 0.3) is 0 Å². The van der Waals surface area contributed by atoms with Crippen molar-refractivity contribution >= 4 is 17.3 Å². The molecule has 8 heteroatoms. The number of aryl methyl sites for hydroxylation is 1. The van der Waals surface area contributed by atoms with Gasteiger partial charge in [0.1, 0.15) is 11.5 Å². The van der Waals surface area contributed by atoms with Crippen LogP contribution in [0.3, 0.4) is 0 Å². The predicted octanol–water partition coefficient (Wildman–Crippen LogP) is 5.68. The van der Waals surface area contributed by atoms with E-state index in [0.717, 1.165) is 54.0 Å². The molecule has 5 nitrogen and oxygen atoms in total. The molecule has 1 saturated heterocycles. The second-order valence-electron chi connectivity index (χ2n) is 10.3. The summed E-state index contributed by atoms with van der Waals surface area (Å²) in [7, 11) is 0. The average Bonchev–Trinajstić information content (AvgIpc) is 3.55. The molecule has 1 aromatic carbocycles. The van der Waals surface area contributed by atoms with Gasteiger partial charge in [0.2, 0.25) is 5.92 Å². The SMILES string of the molecule is Cc1ccc(C(=O)Nc2cc(F)cn(C3CCC(F)(F)CC3)c2=O)c(N2CCC3(CC2)CC3)c1. The lowest BCUT2D eigenvalue weighted by Gasteiger charge is -2.35. The lowest BCUT2D eigenvalue weighted by molar-refractivity contribution is -0.0442. The van der Waals surface area contributed by atoms with E-state index < -0.39 is 29.2 Å². The molecule has 0 radical (unpaired) electrons. The van der Waals surface area contributed by atoms with Crippen molar-refractivity contribution in [2.75, 3.05) is 23.3 Å². The molecule has 5 rings (SSSR count). The van der Waals surface area contributed by atoms with Crippen LogP contribution in [-0.4, -0.2) is 29.5 Å². The molecular formula is C26H30F3N3O2. The average molecular weight is 474 g/mol. The van der Waals surface area contributed by atoms with E-state index in [1.165, 1.54) is 12.8 Å². The van der Waals surface area contributed by atoms with E-state index in [9.17, 15) is 22.8 Å². The quantitative estimate of drug-likeness (QED) is 0.622. The van der Waals surface area contributed by atoms with Gasteiger partial charge in [0, 0.05) is 49.9 Å². The van der Waals surface area contributed by atoms with Gasteiger partial charge < -0.3 is 14.8 Å². The van der Waals surface area contributed by atoms with E-state index in [0.29, 0.717) is 11.0 Å². The lowest BCUT2D eigenvalue weighted by atomic mass is 9.92. The van der Waals surface area contributed by atoms with Gasteiger partial charge in [-0.2, -0.15) is 0 Å². The molecule has 1 amide bonds. The summed E-state index contributed by atoms with van der Waals surface area (Å²) in [5.41, 5.74) is 2.03. The number of piperidine rings is 1. The van der Waals surface area contributed by atoms with E-state index >= 15 is 0 Å². The topological polar surface area (TPSA) is 54.3 Å². The van der Waals surface area contributed by atoms with Crippen LogP contribution in [0.1, 0.15) is 73.3 Å². The third-order valence-corrected chi connectivity index (χ3v) is 7.86. The number of hydrogen-bond donors (Lipinski definition) is 1. The number of aromatic nitrogens is 1. The lowest BCUT2D eigenvalue weighted by Crippen LogP contribution is -2.36. The molecule has 2 heterocycles. The number of carbonyl (C=O) groups excluding carboxylic acids is 1. The highest BCUT2D eigenvalue weighted by atomic mass is 19.3. The van der Waals surface area contributed by atoms with Gasteiger partial charge in [0.25, 0.3) is 11.5 Å². The van der Waals surface area contributed by atoms with Crippen LogP contribution in [0.2, 0.25) is 0 Å². The Morgan fingerprint density at radius 2 is 1.71 bits per heavy atom. The Morgan fingerprint density at radius 1 is 1.03 bits per heavy atom. The molecule has 3 aliphatic rings. The summed E-state index contributed by atoms with van der Waals surface area (Å²) in [6.07, 6.45) is 5.32. The summed E-state index contributed by atoms with van der Waals surface area (Å²) in [5.74, 6) is -3.92. The van der Waals surface area contributed by atoms with E-state index in [2.05, 4.69) is 10.2 Å². The van der Waals surface area contributed by atoms with Gasteiger partial charge in [-0.25, -0.2) is 13.2 Å². The van der Waals surface area contributed by atoms with Gasteiger partial charge >= 0.3 is 0 Å². The molecule has 0 atom stereocenters. The minimum absolute atomic E-state index is 0.0856. The number of nitrogens with zero attached hydrogens (tertiary/aromatic N) is 2. The summed E-state index contributed by atoms with van der Waals surface area (Å²) >= 11 is 0. The Balaban J connectivity index is 1.39. The number of anilines is 2. The van der Waals surface area contributed by atoms with Crippen LogP contribution in [-0.2, 0) is 0 Å². The summed E-state index contributed by atoms with van der Waals surface area (Å²) in [6, 6.07) is 6.04. The van der Waals surface area contributed by atoms with Crippen LogP contribution in [0, 0.1) is 18.2 Å². The first-order valence-corrected chi connectivity index (χ1v) is 12.1. The number of pyridine rings is 1. The summed E-state index contributed by atoms with van der Waals surface area (Å²) in [5, 5.41) is 2.60. The monoisotopic (exact) mass is 473 g/mol. The van der Waals surface area contributed by atoms with Crippen molar-refractivity contribution in [1.82, 2.24) is 4.57 Å². The van der Waals surface area contributed by atoms with Crippen molar-refractivity contribution in [3.63, 3.8) is 0 Å². The number of amides is 1. The van der Waals surface area contributed by atoms with Crippen molar-refractivity contribution < 1.29 is 18.0 Å². The normalized spacial score (nSPS) is 21.5. The van der Waals surface area contributed by atoms with Gasteiger partial charge in [-0.15, -0.1) is 0 Å². The number of hydrogen-bond acceptors (Lipinski definition) is 3. The number of alkyl halides is 2. The van der Waals surface area contributed by atoms with Crippen LogP contribution in [0.15, 0.2) is 35.3 Å². The van der Waals surface area contributed by atoms with Gasteiger partial charge in [-0.05, 0) is 68.6 Å². The zero-order chi connectivity index (χ0) is 24.1. The predicted molar refractivity (Wildman–Crippen MR) is 125 cm³/mol. The molecule has 1 aliphatic heterocycles. The van der Waals surface area contributed by atoms with Gasteiger partial charge in [0.15, 0.2) is 0 Å². The summed E-state index contributed by atoms with van der Waals surface area (Å²) in [4.78, 5) is 28.5. The molecule has 0 unspecified atom stereocenters. The first-order chi connectivity index (χ1) is 16.1. The van der Waals surface area contributed by atoms with Crippen LogP contribution in [0.4, 0.5) is 24.5 Å². The molecule has 1 spiro atoms. The molecule has 1 N–H and O–H groups in total. The molecule has 182 valence electrons. The van der Waals surface area contributed by atoms with Crippen LogP contribution in [0.5, 0.6) is 0 Å². The summed E-state index contributed by atoms with van der Waals surface area (Å²) < 4.78 is 42.7. The number of rotatable bonds is 4. The molecule has 3 fully saturated rings. The van der Waals surface area contributed by atoms with Gasteiger partial charge in [0.05, 0.1) is 5.56 Å². The van der Waals surface area contributed by atoms with E-state index in [1.807, 2.05) is 19.1 Å². The van der Waals surface area contributed by atoms with Crippen molar-refractivity contribution in [3.05, 3.63) is 57.8 Å². The second kappa shape index (κ2) is 8.47. The second-order valence-corrected chi connectivity index (χ2v) is 10.3. The maximum Gasteiger partial charge on any atom is 0.274 e. The van der Waals surface area contributed by atoms with Gasteiger partial charge in [-0.1, -0.05) is 6.07 Å². The van der Waals surface area contributed by atoms with Crippen molar-refractivity contribution in [1.29, 1.82) is 0 Å². The number of nitrogens with one attached hydrogen (secondary N) is 1. The van der Waals surface area contributed by atoms with Crippen molar-refractivity contribution in [2.45, 2.75) is 70.3 Å². The Hall–Kier alpha value is -2.77. The zero-order valence-electron chi connectivity index (χ0n) is 19.4. The minimum atomic E-state index is -2.75. The fourth-order valence-corrected chi connectivity index (χ4v) is 5.42. The van der Waals surface area contributed by atoms with Crippen LogP contribution >= 0.6 is 0 Å². The maximum absolute atomic E-state index is 14.4. The van der Waals surface area contributed by atoms with Crippen molar-refractivity contribution in [2.24, 2.45) is 5.41 Å². The molecule has 1 aromatic heterocycles. The number of halogens is 3. The van der Waals surface area contributed by atoms with Crippen molar-refractivity contribution in [3.8, 4) is 0 Å². The first-order valence-electron chi connectivity index (χ1n) is 12.1. The van der Waals surface area contributed by atoms with E-state index in [-0.39, 0.29) is 31.4 Å². The smallest absolute Gasteiger partial charge is 0.274 e. The van der Waals surface area contributed by atoms with Gasteiger partial charge in [-0.3, -0.25) is 9.59 Å². The Bertz CT molecular complexity index is 1150. The van der Waals surface area contributed by atoms with E-state index in [4.69, 9.17) is 0 Å². The highest BCUT2D eigenvalue weighted by molar-refractivity contribution is 6.08. The fourth-order valence-electron chi connectivity index (χ4n) is 5.42. The standard InChI is InChI=1S/C26H30F3N3O2/c1-17-2-3-20(22(14-17)31-12-10-25(8-9-25)11-13-31)23(33)30-21-15-18(27)16-32(24(21)34)19-4-6-26(28,29)7-5-19/h2-3,14-16,19H,4-13H2,1H3,(H,30,33). The molecule has 34 heavy (non-hydrogen) atoms. The van der Waals surface area contributed by atoms with E-state index in [1.54, 1.807) is 6.07 Å².